The zero-order valence-electron chi connectivity index (χ0n) is 11.3. The van der Waals surface area contributed by atoms with Crippen LogP contribution in [-0.2, 0) is 16.0 Å². The molecule has 0 radical (unpaired) electrons. The van der Waals surface area contributed by atoms with E-state index < -0.39 is 5.97 Å². The van der Waals surface area contributed by atoms with Gasteiger partial charge in [0.2, 0.25) is 5.91 Å². The Morgan fingerprint density at radius 3 is 2.80 bits per heavy atom. The standard InChI is InChI=1S/C14H19N3O3/c18-13(4-1-9-5-15-16-6-9)17-7-11(10-2-3-10)12(8-17)14(19)20/h5-6,10-12H,1-4,7-8H2,(H,15,16)(H,19,20)/t11-,12+/m0/s1. The zero-order chi connectivity index (χ0) is 14.1. The molecule has 1 saturated heterocycles. The molecule has 108 valence electrons. The highest BCUT2D eigenvalue weighted by atomic mass is 16.4. The zero-order valence-corrected chi connectivity index (χ0v) is 11.3. The van der Waals surface area contributed by atoms with Crippen molar-refractivity contribution >= 4 is 11.9 Å². The van der Waals surface area contributed by atoms with Gasteiger partial charge in [-0.05, 0) is 36.7 Å². The number of likely N-dealkylation sites (tertiary alicyclic amines) is 1. The summed E-state index contributed by atoms with van der Waals surface area (Å²) in [5.74, 6) is -0.402. The van der Waals surface area contributed by atoms with E-state index in [-0.39, 0.29) is 17.7 Å². The van der Waals surface area contributed by atoms with E-state index in [1.807, 2.05) is 0 Å². The average molecular weight is 277 g/mol. The summed E-state index contributed by atoms with van der Waals surface area (Å²) in [6, 6.07) is 0. The number of carbonyl (C=O) groups is 2. The van der Waals surface area contributed by atoms with Crippen LogP contribution in [0.3, 0.4) is 0 Å². The Morgan fingerprint density at radius 1 is 1.40 bits per heavy atom. The largest absolute Gasteiger partial charge is 0.481 e. The first-order valence-corrected chi connectivity index (χ1v) is 7.13. The van der Waals surface area contributed by atoms with Crippen LogP contribution in [0.15, 0.2) is 12.4 Å². The first-order valence-electron chi connectivity index (χ1n) is 7.13. The molecule has 2 atom stereocenters. The van der Waals surface area contributed by atoms with Crippen molar-refractivity contribution in [1.29, 1.82) is 0 Å². The Balaban J connectivity index is 1.57. The highest BCUT2D eigenvalue weighted by Gasteiger charge is 2.46. The van der Waals surface area contributed by atoms with E-state index in [1.54, 1.807) is 17.3 Å². The van der Waals surface area contributed by atoms with Crippen molar-refractivity contribution in [2.75, 3.05) is 13.1 Å². The topological polar surface area (TPSA) is 86.3 Å². The van der Waals surface area contributed by atoms with Crippen LogP contribution in [0, 0.1) is 17.8 Å². The van der Waals surface area contributed by atoms with E-state index in [2.05, 4.69) is 10.2 Å². The minimum Gasteiger partial charge on any atom is -0.481 e. The lowest BCUT2D eigenvalue weighted by atomic mass is 9.92. The highest BCUT2D eigenvalue weighted by molar-refractivity contribution is 5.79. The molecule has 0 unspecified atom stereocenters. The number of rotatable bonds is 5. The van der Waals surface area contributed by atoms with Crippen molar-refractivity contribution in [3.8, 4) is 0 Å². The molecule has 0 bridgehead atoms. The molecule has 3 rings (SSSR count). The summed E-state index contributed by atoms with van der Waals surface area (Å²) >= 11 is 0. The Hall–Kier alpha value is -1.85. The quantitative estimate of drug-likeness (QED) is 0.837. The molecule has 20 heavy (non-hydrogen) atoms. The van der Waals surface area contributed by atoms with Crippen LogP contribution in [0.1, 0.15) is 24.8 Å². The molecule has 1 saturated carbocycles. The van der Waals surface area contributed by atoms with Gasteiger partial charge in [-0.3, -0.25) is 14.7 Å². The number of amides is 1. The lowest BCUT2D eigenvalue weighted by Gasteiger charge is -2.15. The van der Waals surface area contributed by atoms with Gasteiger partial charge in [-0.1, -0.05) is 0 Å². The lowest BCUT2D eigenvalue weighted by molar-refractivity contribution is -0.142. The fourth-order valence-electron chi connectivity index (χ4n) is 3.12. The minimum atomic E-state index is -0.757. The second kappa shape index (κ2) is 5.26. The highest BCUT2D eigenvalue weighted by Crippen LogP contribution is 2.44. The van der Waals surface area contributed by atoms with E-state index in [0.29, 0.717) is 31.8 Å². The van der Waals surface area contributed by atoms with Crippen LogP contribution in [0.25, 0.3) is 0 Å². The van der Waals surface area contributed by atoms with Crippen LogP contribution < -0.4 is 0 Å². The SMILES string of the molecule is O=C(O)[C@@H]1CN(C(=O)CCc2cn[nH]c2)C[C@H]1C1CC1. The predicted molar refractivity (Wildman–Crippen MR) is 70.8 cm³/mol. The van der Waals surface area contributed by atoms with Crippen LogP contribution >= 0.6 is 0 Å². The van der Waals surface area contributed by atoms with Gasteiger partial charge in [-0.15, -0.1) is 0 Å². The summed E-state index contributed by atoms with van der Waals surface area (Å²) in [5, 5.41) is 15.9. The Morgan fingerprint density at radius 2 is 2.20 bits per heavy atom. The summed E-state index contributed by atoms with van der Waals surface area (Å²) in [7, 11) is 0. The Labute approximate surface area is 117 Å². The molecule has 2 fully saturated rings. The molecule has 0 aromatic carbocycles. The van der Waals surface area contributed by atoms with E-state index in [1.165, 1.54) is 0 Å². The second-order valence-corrected chi connectivity index (χ2v) is 5.85. The number of carboxylic acid groups (broad SMARTS) is 1. The molecule has 1 aliphatic carbocycles. The van der Waals surface area contributed by atoms with Gasteiger partial charge in [0.15, 0.2) is 0 Å². The number of carboxylic acids is 1. The van der Waals surface area contributed by atoms with Gasteiger partial charge in [0.1, 0.15) is 0 Å². The second-order valence-electron chi connectivity index (χ2n) is 5.85. The number of aliphatic carboxylic acids is 1. The van der Waals surface area contributed by atoms with Gasteiger partial charge in [0, 0.05) is 25.7 Å². The number of carbonyl (C=O) groups excluding carboxylic acids is 1. The summed E-state index contributed by atoms with van der Waals surface area (Å²) < 4.78 is 0. The Kier molecular flexibility index (Phi) is 3.46. The van der Waals surface area contributed by atoms with Crippen molar-refractivity contribution < 1.29 is 14.7 Å². The van der Waals surface area contributed by atoms with Gasteiger partial charge in [0.05, 0.1) is 12.1 Å². The third-order valence-electron chi connectivity index (χ3n) is 4.44. The van der Waals surface area contributed by atoms with E-state index in [4.69, 9.17) is 0 Å². The van der Waals surface area contributed by atoms with Crippen molar-refractivity contribution in [2.24, 2.45) is 17.8 Å². The number of hydrogen-bond acceptors (Lipinski definition) is 3. The number of aromatic amines is 1. The Bertz CT molecular complexity index is 496. The minimum absolute atomic E-state index is 0.0561. The number of H-pyrrole nitrogens is 1. The molecule has 1 aromatic heterocycles. The van der Waals surface area contributed by atoms with Crippen LogP contribution in [0.2, 0.25) is 0 Å². The van der Waals surface area contributed by atoms with Crippen molar-refractivity contribution in [1.82, 2.24) is 15.1 Å². The number of nitrogens with zero attached hydrogens (tertiary/aromatic N) is 2. The lowest BCUT2D eigenvalue weighted by Crippen LogP contribution is -2.30. The molecule has 2 N–H and O–H groups in total. The molecule has 2 aliphatic rings. The fourth-order valence-corrected chi connectivity index (χ4v) is 3.12. The van der Waals surface area contributed by atoms with E-state index in [9.17, 15) is 14.7 Å². The van der Waals surface area contributed by atoms with Crippen LogP contribution in [-0.4, -0.2) is 45.2 Å². The van der Waals surface area contributed by atoms with Crippen molar-refractivity contribution in [2.45, 2.75) is 25.7 Å². The van der Waals surface area contributed by atoms with E-state index >= 15 is 0 Å². The van der Waals surface area contributed by atoms with Gasteiger partial charge in [-0.25, -0.2) is 0 Å². The summed E-state index contributed by atoms with van der Waals surface area (Å²) in [4.78, 5) is 25.2. The first-order chi connectivity index (χ1) is 9.65. The summed E-state index contributed by atoms with van der Waals surface area (Å²) in [6.07, 6.45) is 6.80. The van der Waals surface area contributed by atoms with E-state index in [0.717, 1.165) is 18.4 Å². The van der Waals surface area contributed by atoms with Crippen molar-refractivity contribution in [3.63, 3.8) is 0 Å². The fraction of sp³-hybridized carbons (Fsp3) is 0.643. The maximum atomic E-state index is 12.2. The molecular formula is C14H19N3O3. The monoisotopic (exact) mass is 277 g/mol. The number of aromatic nitrogens is 2. The molecule has 0 spiro atoms. The summed E-state index contributed by atoms with van der Waals surface area (Å²) in [5.41, 5.74) is 1.01. The molecule has 1 aliphatic heterocycles. The molecule has 2 heterocycles. The summed E-state index contributed by atoms with van der Waals surface area (Å²) in [6.45, 7) is 0.993. The molecule has 1 aromatic rings. The van der Waals surface area contributed by atoms with Crippen LogP contribution in [0.5, 0.6) is 0 Å². The molecule has 6 nitrogen and oxygen atoms in total. The van der Waals surface area contributed by atoms with Crippen LogP contribution in [0.4, 0.5) is 0 Å². The maximum absolute atomic E-state index is 12.2. The third-order valence-corrected chi connectivity index (χ3v) is 4.44. The molecule has 6 heteroatoms. The normalized spacial score (nSPS) is 25.9. The predicted octanol–water partition coefficient (Wildman–Crippen LogP) is 0.911. The number of nitrogens with one attached hydrogen (secondary N) is 1. The van der Waals surface area contributed by atoms with Gasteiger partial charge >= 0.3 is 5.97 Å². The third kappa shape index (κ3) is 2.69. The van der Waals surface area contributed by atoms with Gasteiger partial charge < -0.3 is 10.0 Å². The molecular weight excluding hydrogens is 258 g/mol. The first kappa shape index (κ1) is 13.1. The van der Waals surface area contributed by atoms with Crippen molar-refractivity contribution in [3.05, 3.63) is 18.0 Å². The number of hydrogen-bond donors (Lipinski definition) is 2. The maximum Gasteiger partial charge on any atom is 0.308 e. The smallest absolute Gasteiger partial charge is 0.308 e. The molecule has 1 amide bonds. The number of aryl methyl sites for hydroxylation is 1. The van der Waals surface area contributed by atoms with Gasteiger partial charge in [0.25, 0.3) is 0 Å². The van der Waals surface area contributed by atoms with Gasteiger partial charge in [-0.2, -0.15) is 5.10 Å². The average Bonchev–Trinajstić information content (AvgIpc) is 2.97.